The van der Waals surface area contributed by atoms with Crippen molar-refractivity contribution in [1.29, 1.82) is 5.26 Å². The summed E-state index contributed by atoms with van der Waals surface area (Å²) in [4.78, 5) is 75.6. The fourth-order valence-corrected chi connectivity index (χ4v) is 2.90. The third kappa shape index (κ3) is 66.4. The Morgan fingerprint density at radius 1 is 0.803 bits per heavy atom. The zero-order valence-corrected chi connectivity index (χ0v) is 36.3. The number of carbonyl (C=O) groups is 7. The van der Waals surface area contributed by atoms with Crippen molar-refractivity contribution >= 4 is 54.2 Å². The molecule has 1 aromatic carbocycles. The maximum absolute atomic E-state index is 11.4. The summed E-state index contributed by atoms with van der Waals surface area (Å²) in [6.07, 6.45) is 6.11. The molecule has 1 aliphatic rings. The number of nitrogens with two attached hydrogens (primary N) is 2. The molecule has 9 N–H and O–H groups in total. The van der Waals surface area contributed by atoms with Crippen molar-refractivity contribution in [2.24, 2.45) is 11.5 Å². The summed E-state index contributed by atoms with van der Waals surface area (Å²) < 4.78 is 33.1. The van der Waals surface area contributed by atoms with E-state index in [2.05, 4.69) is 63.5 Å². The Balaban J connectivity index is -0.000000151. The molecule has 0 bridgehead atoms. The highest BCUT2D eigenvalue weighted by molar-refractivity contribution is 7.80. The van der Waals surface area contributed by atoms with Crippen LogP contribution < -0.4 is 27.4 Å². The Morgan fingerprint density at radius 3 is 1.49 bits per heavy atom. The summed E-state index contributed by atoms with van der Waals surface area (Å²) in [5.41, 5.74) is 10.7. The number of carbonyl (C=O) groups excluding carboxylic acids is 5. The van der Waals surface area contributed by atoms with Crippen molar-refractivity contribution in [3.8, 4) is 18.9 Å². The molecule has 1 aliphatic heterocycles. The van der Waals surface area contributed by atoms with Crippen molar-refractivity contribution in [2.75, 3.05) is 108 Å². The number of nitriles is 1. The molecule has 22 nitrogen and oxygen atoms in total. The second-order valence-corrected chi connectivity index (χ2v) is 10.8. The van der Waals surface area contributed by atoms with Crippen LogP contribution in [0.2, 0.25) is 0 Å². The molecule has 1 heterocycles. The number of methoxy groups -OCH3 is 5. The van der Waals surface area contributed by atoms with E-state index in [4.69, 9.17) is 39.6 Å². The van der Waals surface area contributed by atoms with E-state index in [0.717, 1.165) is 4.90 Å². The van der Waals surface area contributed by atoms with Gasteiger partial charge in [0.2, 0.25) is 11.8 Å². The summed E-state index contributed by atoms with van der Waals surface area (Å²) >= 11 is 4.13. The lowest BCUT2D eigenvalue weighted by Gasteiger charge is -2.04. The molecule has 3 amide bonds. The largest absolute Gasteiger partial charge is 0.481 e. The van der Waals surface area contributed by atoms with Gasteiger partial charge in [0, 0.05) is 85.2 Å². The lowest BCUT2D eigenvalue weighted by atomic mass is 10.2. The van der Waals surface area contributed by atoms with E-state index in [-0.39, 0.29) is 49.8 Å². The molecule has 0 aromatic heterocycles. The lowest BCUT2D eigenvalue weighted by Crippen LogP contribution is -2.27. The molecule has 0 aliphatic carbocycles. The van der Waals surface area contributed by atoms with E-state index in [1.54, 1.807) is 58.8 Å². The molecule has 1 fully saturated rings. The maximum atomic E-state index is 11.4. The number of cyclic esters (lactones) is 2. The number of hydrogen-bond donors (Lipinski definition) is 8. The van der Waals surface area contributed by atoms with E-state index >= 15 is 0 Å². The second-order valence-electron chi connectivity index (χ2n) is 10.3. The van der Waals surface area contributed by atoms with E-state index in [9.17, 15) is 33.6 Å². The summed E-state index contributed by atoms with van der Waals surface area (Å²) in [5.74, 6) is -3.42. The fourth-order valence-electron chi connectivity index (χ4n) is 2.75. The first-order valence-corrected chi connectivity index (χ1v) is 18.2. The van der Waals surface area contributed by atoms with E-state index < -0.39 is 30.4 Å². The molecular formula is C38H63N7O15S. The van der Waals surface area contributed by atoms with Gasteiger partial charge in [-0.05, 0) is 24.3 Å². The first kappa shape index (κ1) is 64.5. The number of aliphatic carboxylic acids is 2. The quantitative estimate of drug-likeness (QED) is 0.0224. The van der Waals surface area contributed by atoms with Gasteiger partial charge in [0.25, 0.3) is 5.91 Å². The minimum Gasteiger partial charge on any atom is -0.481 e. The number of rotatable bonds is 19. The smallest absolute Gasteiger partial charge is 0.384 e. The molecule has 0 radical (unpaired) electrons. The third-order valence-electron chi connectivity index (χ3n) is 5.40. The number of terminal acetylenes is 1. The number of carboxylic acid groups (broad SMARTS) is 2. The third-order valence-corrected chi connectivity index (χ3v) is 5.70. The summed E-state index contributed by atoms with van der Waals surface area (Å²) in [6.45, 7) is 11.0. The summed E-state index contributed by atoms with van der Waals surface area (Å²) in [5, 5.41) is 31.7. The summed E-state index contributed by atoms with van der Waals surface area (Å²) in [7, 11) is 7.95. The van der Waals surface area contributed by atoms with E-state index in [1.165, 1.54) is 13.5 Å². The van der Waals surface area contributed by atoms with Crippen LogP contribution in [0.15, 0.2) is 29.2 Å². The van der Waals surface area contributed by atoms with Crippen molar-refractivity contribution in [2.45, 2.75) is 37.0 Å². The van der Waals surface area contributed by atoms with Gasteiger partial charge in [0.1, 0.15) is 7.79 Å². The Hall–Kier alpha value is -5.68. The second kappa shape index (κ2) is 56.4. The van der Waals surface area contributed by atoms with Gasteiger partial charge in [-0.3, -0.25) is 28.8 Å². The molecule has 0 saturated carbocycles. The molecule has 0 unspecified atom stereocenters. The monoisotopic (exact) mass is 890 g/mol. The first-order valence-electron chi connectivity index (χ1n) is 18.2. The molecule has 23 heteroatoms. The van der Waals surface area contributed by atoms with Gasteiger partial charge in [-0.2, -0.15) is 5.26 Å². The zero-order valence-electron chi connectivity index (χ0n) is 36.4. The van der Waals surface area contributed by atoms with Crippen molar-refractivity contribution < 1.29 is 73.6 Å². The molecule has 0 atom stereocenters. The number of benzene rings is 1. The van der Waals surface area contributed by atoms with Crippen LogP contribution >= 0.6 is 12.6 Å². The van der Waals surface area contributed by atoms with Crippen LogP contribution in [-0.4, -0.2) is 160 Å². The number of ether oxygens (including phenoxy) is 6. The SMILES string of the molecule is COCCN.COCCN.COCCNC(=O)CC#N.COCCNC(=O)CCC(=O)O.COCCNC(=O)c1ccc(S)cc1.O=C1CCC(=O)O1.[2H]C#C.[C-]#[N+]CC(=O)O. The Kier molecular flexibility index (Phi) is 59.6. The van der Waals surface area contributed by atoms with Crippen molar-refractivity contribution in [3.05, 3.63) is 41.2 Å². The van der Waals surface area contributed by atoms with Crippen LogP contribution in [0.5, 0.6) is 0 Å². The minimum atomic E-state index is -1.06. The van der Waals surface area contributed by atoms with Crippen molar-refractivity contribution in [3.63, 3.8) is 0 Å². The zero-order chi connectivity index (χ0) is 48.8. The standard InChI is InChI=1S/C10H13NO2S.C7H13NO4.C6H10N2O2.C4H4O3.C3H3NO2.2C3H9NO.C2H2/c1-13-7-6-11-10(12)8-2-4-9(14)5-3-8;1-12-5-4-8-6(9)2-3-7(10)11;1-10-5-4-8-6(9)2-3-7;5-3-1-2-4(6)7-3;1-4-2-3(5)6;2*1-5-3-2-4;1-2/h2-5,14H,6-7H2,1H3,(H,11,12);2-5H2,1H3,(H,8,9)(H,10,11);2,4-5H2,1H3,(H,8,9);1-2H2;2H2,(H,5,6);2*2-4H2,1H3;1-2H/i;;;;;;;1D. The highest BCUT2D eigenvalue weighted by Gasteiger charge is 2.19. The van der Waals surface area contributed by atoms with Gasteiger partial charge in [-0.25, -0.2) is 11.4 Å². The fraction of sp³-hybridized carbons (Fsp3) is 0.553. The van der Waals surface area contributed by atoms with Gasteiger partial charge in [-0.1, -0.05) is 0 Å². The Bertz CT molecular complexity index is 1420. The number of carboxylic acids is 2. The predicted octanol–water partition coefficient (Wildman–Crippen LogP) is -0.0993. The van der Waals surface area contributed by atoms with Gasteiger partial charge in [0.15, 0.2) is 0 Å². The highest BCUT2D eigenvalue weighted by Crippen LogP contribution is 2.07. The highest BCUT2D eigenvalue weighted by atomic mass is 32.1. The van der Waals surface area contributed by atoms with Crippen LogP contribution in [0.25, 0.3) is 4.85 Å². The molecule has 346 valence electrons. The molecule has 61 heavy (non-hydrogen) atoms. The number of esters is 2. The van der Waals surface area contributed by atoms with Gasteiger partial charge < -0.3 is 70.9 Å². The average molecular weight is 891 g/mol. The van der Waals surface area contributed by atoms with Gasteiger partial charge in [-0.15, -0.1) is 25.5 Å². The van der Waals surface area contributed by atoms with E-state index in [0.29, 0.717) is 71.3 Å². The minimum absolute atomic E-state index is 0.0268. The van der Waals surface area contributed by atoms with E-state index in [1.807, 2.05) is 0 Å². The number of amides is 3. The Labute approximate surface area is 364 Å². The molecule has 1 aromatic rings. The first-order chi connectivity index (χ1) is 29.5. The van der Waals surface area contributed by atoms with Gasteiger partial charge in [0.05, 0.1) is 58.4 Å². The maximum Gasteiger partial charge on any atom is 0.384 e. The molecule has 1 saturated heterocycles. The number of thiol groups is 1. The summed E-state index contributed by atoms with van der Waals surface area (Å²) in [6, 6.07) is 8.79. The van der Waals surface area contributed by atoms with Crippen LogP contribution in [-0.2, 0) is 57.2 Å². The van der Waals surface area contributed by atoms with Crippen LogP contribution in [0.4, 0.5) is 0 Å². The number of nitrogens with zero attached hydrogens (tertiary/aromatic N) is 2. The van der Waals surface area contributed by atoms with Crippen LogP contribution in [0.1, 0.15) is 43.8 Å². The lowest BCUT2D eigenvalue weighted by molar-refractivity contribution is -0.152. The number of hydrogen-bond acceptors (Lipinski definition) is 17. The topological polar surface area (TPSA) is 332 Å². The predicted molar refractivity (Wildman–Crippen MR) is 226 cm³/mol. The van der Waals surface area contributed by atoms with Gasteiger partial charge >= 0.3 is 30.4 Å². The van der Waals surface area contributed by atoms with Crippen molar-refractivity contribution in [1.82, 2.24) is 16.0 Å². The molecule has 0 spiro atoms. The molecule has 2 rings (SSSR count). The molecular weight excluding hydrogens is 827 g/mol. The normalized spacial score (nSPS) is 9.95. The van der Waals surface area contributed by atoms with Crippen LogP contribution in [0.3, 0.4) is 0 Å². The van der Waals surface area contributed by atoms with Crippen LogP contribution in [0, 0.1) is 30.7 Å². The number of nitrogens with one attached hydrogen (secondary N) is 3. The Morgan fingerprint density at radius 2 is 1.21 bits per heavy atom. The average Bonchev–Trinajstić information content (AvgIpc) is 3.61.